The van der Waals surface area contributed by atoms with Crippen molar-refractivity contribution >= 4 is 17.7 Å². The summed E-state index contributed by atoms with van der Waals surface area (Å²) >= 11 is 0. The molecule has 1 aromatic carbocycles. The Morgan fingerprint density at radius 2 is 1.93 bits per heavy atom. The highest BCUT2D eigenvalue weighted by molar-refractivity contribution is 5.94. The minimum atomic E-state index is 0.0325. The lowest BCUT2D eigenvalue weighted by atomic mass is 9.93. The lowest BCUT2D eigenvalue weighted by molar-refractivity contribution is 0.0711. The molecule has 1 saturated heterocycles. The molecule has 0 saturated carbocycles. The summed E-state index contributed by atoms with van der Waals surface area (Å²) in [6, 6.07) is 9.03. The first kappa shape index (κ1) is 18.8. The first-order valence-electron chi connectivity index (χ1n) is 9.52. The van der Waals surface area contributed by atoms with Crippen molar-refractivity contribution in [2.45, 2.75) is 18.8 Å². The van der Waals surface area contributed by atoms with E-state index in [-0.39, 0.29) is 11.8 Å². The summed E-state index contributed by atoms with van der Waals surface area (Å²) < 4.78 is 5.22. The van der Waals surface area contributed by atoms with Crippen LogP contribution in [0.1, 0.15) is 34.8 Å². The average molecular weight is 390 g/mol. The fourth-order valence-electron chi connectivity index (χ4n) is 3.43. The summed E-state index contributed by atoms with van der Waals surface area (Å²) in [5, 5.41) is 3.07. The van der Waals surface area contributed by atoms with E-state index in [0.29, 0.717) is 36.2 Å². The summed E-state index contributed by atoms with van der Waals surface area (Å²) in [5.74, 6) is 2.08. The fourth-order valence-corrected chi connectivity index (χ4v) is 3.43. The molecular weight excluding hydrogens is 368 g/mol. The largest absolute Gasteiger partial charge is 0.497 e. The Labute approximate surface area is 169 Å². The van der Waals surface area contributed by atoms with Gasteiger partial charge < -0.3 is 15.0 Å². The van der Waals surface area contributed by atoms with E-state index in [1.165, 1.54) is 0 Å². The van der Waals surface area contributed by atoms with Crippen molar-refractivity contribution in [3.63, 3.8) is 0 Å². The zero-order valence-corrected chi connectivity index (χ0v) is 16.2. The molecule has 148 valence electrons. The molecule has 3 aromatic rings. The Hall–Kier alpha value is -3.55. The van der Waals surface area contributed by atoms with Crippen LogP contribution in [-0.4, -0.2) is 50.9 Å². The minimum Gasteiger partial charge on any atom is -0.497 e. The van der Waals surface area contributed by atoms with Crippen molar-refractivity contribution in [1.82, 2.24) is 24.8 Å². The van der Waals surface area contributed by atoms with Gasteiger partial charge in [0, 0.05) is 43.2 Å². The fraction of sp³-hybridized carbons (Fsp3) is 0.286. The SMILES string of the molecule is COc1cccc(C(=O)N2CCC(c3cncc(Nc4ncccn4)n3)CC2)c1. The first-order chi connectivity index (χ1) is 14.2. The van der Waals surface area contributed by atoms with E-state index in [0.717, 1.165) is 18.5 Å². The molecule has 1 N–H and O–H groups in total. The van der Waals surface area contributed by atoms with Gasteiger partial charge in [-0.1, -0.05) is 6.07 Å². The predicted octanol–water partition coefficient (Wildman–Crippen LogP) is 3.04. The van der Waals surface area contributed by atoms with Crippen LogP contribution in [0.2, 0.25) is 0 Å². The summed E-state index contributed by atoms with van der Waals surface area (Å²) in [7, 11) is 1.60. The second kappa shape index (κ2) is 8.64. The van der Waals surface area contributed by atoms with E-state index in [4.69, 9.17) is 4.74 Å². The van der Waals surface area contributed by atoms with Gasteiger partial charge in [-0.25, -0.2) is 15.0 Å². The maximum absolute atomic E-state index is 12.8. The number of aromatic nitrogens is 4. The van der Waals surface area contributed by atoms with Crippen LogP contribution in [0.15, 0.2) is 55.1 Å². The molecule has 0 spiro atoms. The van der Waals surface area contributed by atoms with Crippen LogP contribution in [0.5, 0.6) is 5.75 Å². The number of hydrogen-bond donors (Lipinski definition) is 1. The van der Waals surface area contributed by atoms with Crippen LogP contribution in [0, 0.1) is 0 Å². The standard InChI is InChI=1S/C21H22N6O2/c1-29-17-5-2-4-16(12-17)20(28)27-10-6-15(7-11-27)18-13-22-14-19(25-18)26-21-23-8-3-9-24-21/h2-5,8-9,12-15H,6-7,10-11H2,1H3,(H,23,24,25,26). The molecule has 4 rings (SSSR count). The number of benzene rings is 1. The van der Waals surface area contributed by atoms with Crippen molar-refractivity contribution in [1.29, 1.82) is 0 Å². The van der Waals surface area contributed by atoms with Gasteiger partial charge >= 0.3 is 0 Å². The highest BCUT2D eigenvalue weighted by Crippen LogP contribution is 2.28. The van der Waals surface area contributed by atoms with Gasteiger partial charge in [0.2, 0.25) is 5.95 Å². The van der Waals surface area contributed by atoms with E-state index in [1.807, 2.05) is 23.1 Å². The molecule has 1 aliphatic rings. The number of methoxy groups -OCH3 is 1. The van der Waals surface area contributed by atoms with Crippen LogP contribution in [0.25, 0.3) is 0 Å². The van der Waals surface area contributed by atoms with Gasteiger partial charge in [0.15, 0.2) is 5.82 Å². The lowest BCUT2D eigenvalue weighted by Crippen LogP contribution is -2.38. The van der Waals surface area contributed by atoms with Gasteiger partial charge in [-0.2, -0.15) is 0 Å². The molecule has 8 nitrogen and oxygen atoms in total. The monoisotopic (exact) mass is 390 g/mol. The number of anilines is 2. The molecule has 0 radical (unpaired) electrons. The Morgan fingerprint density at radius 1 is 1.14 bits per heavy atom. The van der Waals surface area contributed by atoms with Gasteiger partial charge in [0.1, 0.15) is 5.75 Å². The summed E-state index contributed by atoms with van der Waals surface area (Å²) in [6.07, 6.45) is 8.47. The second-order valence-corrected chi connectivity index (χ2v) is 6.83. The third-order valence-electron chi connectivity index (χ3n) is 4.98. The smallest absolute Gasteiger partial charge is 0.253 e. The summed E-state index contributed by atoms with van der Waals surface area (Å²) in [4.78, 5) is 31.9. The maximum atomic E-state index is 12.8. The normalized spacial score (nSPS) is 14.4. The average Bonchev–Trinajstić information content (AvgIpc) is 2.79. The lowest BCUT2D eigenvalue weighted by Gasteiger charge is -2.31. The number of amides is 1. The number of ether oxygens (including phenoxy) is 1. The molecule has 0 unspecified atom stereocenters. The predicted molar refractivity (Wildman–Crippen MR) is 108 cm³/mol. The molecule has 0 bridgehead atoms. The topological polar surface area (TPSA) is 93.1 Å². The van der Waals surface area contributed by atoms with Gasteiger partial charge in [-0.3, -0.25) is 9.78 Å². The zero-order chi connectivity index (χ0) is 20.1. The molecule has 3 heterocycles. The van der Waals surface area contributed by atoms with E-state index in [1.54, 1.807) is 44.0 Å². The molecule has 1 aliphatic heterocycles. The molecule has 2 aromatic heterocycles. The Kier molecular flexibility index (Phi) is 5.60. The second-order valence-electron chi connectivity index (χ2n) is 6.83. The molecule has 1 fully saturated rings. The number of nitrogens with zero attached hydrogens (tertiary/aromatic N) is 5. The number of rotatable bonds is 5. The molecule has 0 atom stereocenters. The van der Waals surface area contributed by atoms with Gasteiger partial charge in [0.25, 0.3) is 5.91 Å². The number of carbonyl (C=O) groups excluding carboxylic acids is 1. The van der Waals surface area contributed by atoms with Gasteiger partial charge in [-0.05, 0) is 37.1 Å². The Balaban J connectivity index is 1.39. The highest BCUT2D eigenvalue weighted by atomic mass is 16.5. The molecule has 0 aliphatic carbocycles. The first-order valence-corrected chi connectivity index (χ1v) is 9.52. The van der Waals surface area contributed by atoms with E-state index < -0.39 is 0 Å². The third-order valence-corrected chi connectivity index (χ3v) is 4.98. The molecule has 1 amide bonds. The van der Waals surface area contributed by atoms with Crippen LogP contribution in [0.4, 0.5) is 11.8 Å². The number of carbonyl (C=O) groups is 1. The van der Waals surface area contributed by atoms with Crippen molar-refractivity contribution < 1.29 is 9.53 Å². The van der Waals surface area contributed by atoms with E-state index in [9.17, 15) is 4.79 Å². The van der Waals surface area contributed by atoms with E-state index in [2.05, 4.69) is 25.3 Å². The van der Waals surface area contributed by atoms with Gasteiger partial charge in [-0.15, -0.1) is 0 Å². The van der Waals surface area contributed by atoms with Crippen molar-refractivity contribution in [3.8, 4) is 5.75 Å². The van der Waals surface area contributed by atoms with Crippen molar-refractivity contribution in [2.24, 2.45) is 0 Å². The van der Waals surface area contributed by atoms with Crippen molar-refractivity contribution in [2.75, 3.05) is 25.5 Å². The van der Waals surface area contributed by atoms with Crippen LogP contribution in [0.3, 0.4) is 0 Å². The molecule has 8 heteroatoms. The summed E-state index contributed by atoms with van der Waals surface area (Å²) in [6.45, 7) is 1.36. The summed E-state index contributed by atoms with van der Waals surface area (Å²) in [5.41, 5.74) is 1.57. The Bertz CT molecular complexity index is 974. The quantitative estimate of drug-likeness (QED) is 0.716. The van der Waals surface area contributed by atoms with Crippen molar-refractivity contribution in [3.05, 3.63) is 66.4 Å². The number of nitrogens with one attached hydrogen (secondary N) is 1. The number of likely N-dealkylation sites (tertiary alicyclic amines) is 1. The van der Waals surface area contributed by atoms with Crippen LogP contribution in [-0.2, 0) is 0 Å². The third kappa shape index (κ3) is 4.48. The van der Waals surface area contributed by atoms with Crippen LogP contribution >= 0.6 is 0 Å². The molecule has 29 heavy (non-hydrogen) atoms. The van der Waals surface area contributed by atoms with E-state index >= 15 is 0 Å². The maximum Gasteiger partial charge on any atom is 0.253 e. The number of hydrogen-bond acceptors (Lipinski definition) is 7. The van der Waals surface area contributed by atoms with Gasteiger partial charge in [0.05, 0.1) is 19.0 Å². The zero-order valence-electron chi connectivity index (χ0n) is 16.2. The molecular formula is C21H22N6O2. The number of piperidine rings is 1. The minimum absolute atomic E-state index is 0.0325. The van der Waals surface area contributed by atoms with Crippen LogP contribution < -0.4 is 10.1 Å². The highest BCUT2D eigenvalue weighted by Gasteiger charge is 2.26. The Morgan fingerprint density at radius 3 is 2.69 bits per heavy atom.